The molecule has 2 aromatic heterocycles. The minimum absolute atomic E-state index is 0.124. The molecule has 0 aliphatic rings. The van der Waals surface area contributed by atoms with E-state index in [-0.39, 0.29) is 11.6 Å². The minimum atomic E-state index is -0.536. The summed E-state index contributed by atoms with van der Waals surface area (Å²) in [4.78, 5) is 14.9. The molecule has 0 atom stereocenters. The summed E-state index contributed by atoms with van der Waals surface area (Å²) in [7, 11) is 1.28. The standard InChI is InChI=1S/C9H7NO4/c1-12-9(11)6-5-14-8(10-6)7-3-2-4-13-7/h2-5H,1H3. The molecule has 14 heavy (non-hydrogen) atoms. The lowest BCUT2D eigenvalue weighted by molar-refractivity contribution is 0.0594. The number of aromatic nitrogens is 1. The maximum atomic E-state index is 11.0. The number of ether oxygens (including phenoxy) is 1. The van der Waals surface area contributed by atoms with E-state index in [1.165, 1.54) is 19.6 Å². The molecule has 0 spiro atoms. The number of nitrogens with zero attached hydrogens (tertiary/aromatic N) is 1. The highest BCUT2D eigenvalue weighted by molar-refractivity contribution is 5.87. The lowest BCUT2D eigenvalue weighted by Crippen LogP contribution is -2.00. The van der Waals surface area contributed by atoms with Gasteiger partial charge in [-0.2, -0.15) is 4.98 Å². The Labute approximate surface area is 79.3 Å². The largest absolute Gasteiger partial charge is 0.464 e. The van der Waals surface area contributed by atoms with Gasteiger partial charge in [-0.25, -0.2) is 4.79 Å². The highest BCUT2D eigenvalue weighted by Crippen LogP contribution is 2.18. The molecular formula is C9H7NO4. The van der Waals surface area contributed by atoms with Gasteiger partial charge < -0.3 is 13.6 Å². The van der Waals surface area contributed by atoms with Crippen LogP contribution in [0, 0.1) is 0 Å². The number of hydrogen-bond donors (Lipinski definition) is 0. The third-order valence-electron chi connectivity index (χ3n) is 1.63. The van der Waals surface area contributed by atoms with E-state index in [0.29, 0.717) is 5.76 Å². The molecule has 0 saturated heterocycles. The lowest BCUT2D eigenvalue weighted by atomic mass is 10.4. The zero-order valence-corrected chi connectivity index (χ0v) is 7.39. The molecule has 0 aliphatic carbocycles. The van der Waals surface area contributed by atoms with Gasteiger partial charge >= 0.3 is 5.97 Å². The SMILES string of the molecule is COC(=O)c1coc(-c2ccco2)n1. The van der Waals surface area contributed by atoms with Crippen LogP contribution in [0.25, 0.3) is 11.7 Å². The molecule has 2 rings (SSSR count). The van der Waals surface area contributed by atoms with E-state index in [1.807, 2.05) is 0 Å². The molecule has 0 N–H and O–H groups in total. The number of esters is 1. The predicted octanol–water partition coefficient (Wildman–Crippen LogP) is 1.72. The Bertz CT molecular complexity index is 429. The Morgan fingerprint density at radius 2 is 2.36 bits per heavy atom. The van der Waals surface area contributed by atoms with Gasteiger partial charge in [0, 0.05) is 0 Å². The molecule has 0 saturated carbocycles. The summed E-state index contributed by atoms with van der Waals surface area (Å²) in [5.74, 6) is 0.196. The second-order valence-electron chi connectivity index (χ2n) is 2.51. The van der Waals surface area contributed by atoms with Gasteiger partial charge in [-0.1, -0.05) is 0 Å². The van der Waals surface area contributed by atoms with Crippen LogP contribution in [0.2, 0.25) is 0 Å². The Hall–Kier alpha value is -2.04. The molecule has 2 aromatic rings. The van der Waals surface area contributed by atoms with Crippen LogP contribution in [0.5, 0.6) is 0 Å². The van der Waals surface area contributed by atoms with Crippen molar-refractivity contribution in [1.82, 2.24) is 4.98 Å². The van der Waals surface area contributed by atoms with Crippen LogP contribution in [0.3, 0.4) is 0 Å². The van der Waals surface area contributed by atoms with Crippen LogP contribution >= 0.6 is 0 Å². The van der Waals surface area contributed by atoms with Gasteiger partial charge in [0.25, 0.3) is 5.89 Å². The number of carbonyl (C=O) groups excluding carboxylic acids is 1. The number of oxazole rings is 1. The van der Waals surface area contributed by atoms with Crippen molar-refractivity contribution < 1.29 is 18.4 Å². The minimum Gasteiger partial charge on any atom is -0.464 e. The average molecular weight is 193 g/mol. The molecule has 0 bridgehead atoms. The fourth-order valence-electron chi connectivity index (χ4n) is 0.985. The Morgan fingerprint density at radius 3 is 3.00 bits per heavy atom. The second kappa shape index (κ2) is 3.37. The summed E-state index contributed by atoms with van der Waals surface area (Å²) >= 11 is 0. The van der Waals surface area contributed by atoms with Gasteiger partial charge in [0.15, 0.2) is 11.5 Å². The number of methoxy groups -OCH3 is 1. The summed E-state index contributed by atoms with van der Waals surface area (Å²) in [6.45, 7) is 0. The topological polar surface area (TPSA) is 65.5 Å². The van der Waals surface area contributed by atoms with Crippen LogP contribution < -0.4 is 0 Å². The molecule has 0 aliphatic heterocycles. The fraction of sp³-hybridized carbons (Fsp3) is 0.111. The molecule has 5 nitrogen and oxygen atoms in total. The van der Waals surface area contributed by atoms with Crippen LogP contribution in [0.1, 0.15) is 10.5 Å². The van der Waals surface area contributed by atoms with Crippen molar-refractivity contribution in [1.29, 1.82) is 0 Å². The van der Waals surface area contributed by atoms with Crippen molar-refractivity contribution in [3.8, 4) is 11.7 Å². The molecule has 0 fully saturated rings. The van der Waals surface area contributed by atoms with E-state index in [4.69, 9.17) is 8.83 Å². The average Bonchev–Trinajstić information content (AvgIpc) is 2.86. The monoisotopic (exact) mass is 193 g/mol. The number of carbonyl (C=O) groups is 1. The van der Waals surface area contributed by atoms with E-state index >= 15 is 0 Å². The highest BCUT2D eigenvalue weighted by Gasteiger charge is 2.14. The first-order valence-electron chi connectivity index (χ1n) is 3.89. The Balaban J connectivity index is 2.31. The second-order valence-corrected chi connectivity index (χ2v) is 2.51. The van der Waals surface area contributed by atoms with E-state index in [9.17, 15) is 4.79 Å². The summed E-state index contributed by atoms with van der Waals surface area (Å²) in [6.07, 6.45) is 2.72. The molecule has 0 unspecified atom stereocenters. The molecule has 0 aromatic carbocycles. The maximum Gasteiger partial charge on any atom is 0.360 e. The highest BCUT2D eigenvalue weighted by atomic mass is 16.5. The van der Waals surface area contributed by atoms with E-state index in [2.05, 4.69) is 9.72 Å². The molecular weight excluding hydrogens is 186 g/mol. The third-order valence-corrected chi connectivity index (χ3v) is 1.63. The molecule has 72 valence electrons. The summed E-state index contributed by atoms with van der Waals surface area (Å²) in [5, 5.41) is 0. The molecule has 2 heterocycles. The van der Waals surface area contributed by atoms with Gasteiger partial charge in [-0.15, -0.1) is 0 Å². The predicted molar refractivity (Wildman–Crippen MR) is 45.5 cm³/mol. The summed E-state index contributed by atoms with van der Waals surface area (Å²) in [6, 6.07) is 3.39. The van der Waals surface area contributed by atoms with Crippen LogP contribution in [0.4, 0.5) is 0 Å². The van der Waals surface area contributed by atoms with Gasteiger partial charge in [0.2, 0.25) is 0 Å². The van der Waals surface area contributed by atoms with Gasteiger partial charge in [-0.3, -0.25) is 0 Å². The van der Waals surface area contributed by atoms with Crippen molar-refractivity contribution in [2.75, 3.05) is 7.11 Å². The fourth-order valence-corrected chi connectivity index (χ4v) is 0.985. The van der Waals surface area contributed by atoms with Crippen molar-refractivity contribution in [3.63, 3.8) is 0 Å². The first kappa shape index (κ1) is 8.55. The molecule has 5 heteroatoms. The zero-order valence-electron chi connectivity index (χ0n) is 7.39. The van der Waals surface area contributed by atoms with Crippen LogP contribution in [-0.2, 0) is 4.74 Å². The Kier molecular flexibility index (Phi) is 2.06. The third kappa shape index (κ3) is 1.39. The van der Waals surface area contributed by atoms with E-state index < -0.39 is 5.97 Å². The van der Waals surface area contributed by atoms with Gasteiger partial charge in [0.1, 0.15) is 6.26 Å². The van der Waals surface area contributed by atoms with Crippen molar-refractivity contribution in [2.45, 2.75) is 0 Å². The van der Waals surface area contributed by atoms with Crippen molar-refractivity contribution >= 4 is 5.97 Å². The quantitative estimate of drug-likeness (QED) is 0.679. The molecule has 0 radical (unpaired) electrons. The van der Waals surface area contributed by atoms with Crippen LogP contribution in [-0.4, -0.2) is 18.1 Å². The normalized spacial score (nSPS) is 10.1. The number of hydrogen-bond acceptors (Lipinski definition) is 5. The lowest BCUT2D eigenvalue weighted by Gasteiger charge is -1.89. The van der Waals surface area contributed by atoms with Crippen molar-refractivity contribution in [2.24, 2.45) is 0 Å². The summed E-state index contributed by atoms with van der Waals surface area (Å²) in [5.41, 5.74) is 0.124. The van der Waals surface area contributed by atoms with E-state index in [0.717, 1.165) is 0 Å². The zero-order chi connectivity index (χ0) is 9.97. The smallest absolute Gasteiger partial charge is 0.360 e. The number of rotatable bonds is 2. The van der Waals surface area contributed by atoms with Crippen LogP contribution in [0.15, 0.2) is 33.5 Å². The van der Waals surface area contributed by atoms with Crippen molar-refractivity contribution in [3.05, 3.63) is 30.4 Å². The van der Waals surface area contributed by atoms with Gasteiger partial charge in [0.05, 0.1) is 13.4 Å². The Morgan fingerprint density at radius 1 is 1.50 bits per heavy atom. The summed E-state index contributed by atoms with van der Waals surface area (Å²) < 4.78 is 14.5. The maximum absolute atomic E-state index is 11.0. The van der Waals surface area contributed by atoms with Gasteiger partial charge in [-0.05, 0) is 12.1 Å². The first-order chi connectivity index (χ1) is 6.81. The molecule has 0 amide bonds. The van der Waals surface area contributed by atoms with E-state index in [1.54, 1.807) is 12.1 Å². The number of furan rings is 1. The first-order valence-corrected chi connectivity index (χ1v) is 3.89.